The van der Waals surface area contributed by atoms with Crippen LogP contribution in [0.25, 0.3) is 0 Å². The highest BCUT2D eigenvalue weighted by molar-refractivity contribution is 7.89. The van der Waals surface area contributed by atoms with Crippen molar-refractivity contribution in [2.45, 2.75) is 64.2 Å². The maximum absolute atomic E-state index is 12.7. The first kappa shape index (κ1) is 21.0. The van der Waals surface area contributed by atoms with Crippen LogP contribution in [0, 0.1) is 11.3 Å². The zero-order valence-corrected chi connectivity index (χ0v) is 17.9. The summed E-state index contributed by atoms with van der Waals surface area (Å²) in [6, 6.07) is 6.22. The first-order valence-corrected chi connectivity index (χ1v) is 11.6. The Morgan fingerprint density at radius 1 is 1.14 bits per heavy atom. The lowest BCUT2D eigenvalue weighted by atomic mass is 9.72. The first-order valence-electron chi connectivity index (χ1n) is 10.1. The van der Waals surface area contributed by atoms with Crippen LogP contribution >= 0.6 is 0 Å². The molecule has 1 aromatic carbocycles. The Morgan fingerprint density at radius 2 is 1.79 bits per heavy atom. The van der Waals surface area contributed by atoms with Crippen molar-refractivity contribution >= 4 is 21.6 Å². The van der Waals surface area contributed by atoms with E-state index >= 15 is 0 Å². The predicted molar refractivity (Wildman–Crippen MR) is 111 cm³/mol. The lowest BCUT2D eigenvalue weighted by Gasteiger charge is -2.34. The molecule has 0 aromatic heterocycles. The standard InChI is InChI=1S/C21H31N3O3S/c1-21(2,3)17-9-11-18(12-10-17)22-23-20(25)16-7-6-8-19(15-16)28(26,27)24-13-4-5-14-24/h6-8,15,17H,4-5,9-14H2,1-3H3,(H,23,25). The summed E-state index contributed by atoms with van der Waals surface area (Å²) in [6.07, 6.45) is 5.72. The molecular weight excluding hydrogens is 374 g/mol. The van der Waals surface area contributed by atoms with Crippen molar-refractivity contribution in [3.63, 3.8) is 0 Å². The minimum absolute atomic E-state index is 0.167. The van der Waals surface area contributed by atoms with Gasteiger partial charge in [-0.1, -0.05) is 26.8 Å². The topological polar surface area (TPSA) is 78.8 Å². The molecule has 1 aromatic rings. The van der Waals surface area contributed by atoms with Crippen LogP contribution in [0.4, 0.5) is 0 Å². The van der Waals surface area contributed by atoms with Gasteiger partial charge in [-0.15, -0.1) is 0 Å². The number of rotatable bonds is 4. The van der Waals surface area contributed by atoms with Crippen LogP contribution in [-0.4, -0.2) is 37.4 Å². The third kappa shape index (κ3) is 4.81. The van der Waals surface area contributed by atoms with E-state index in [9.17, 15) is 13.2 Å². The second-order valence-electron chi connectivity index (χ2n) is 8.90. The second-order valence-corrected chi connectivity index (χ2v) is 10.8. The van der Waals surface area contributed by atoms with Gasteiger partial charge >= 0.3 is 0 Å². The van der Waals surface area contributed by atoms with E-state index in [2.05, 4.69) is 31.3 Å². The number of hydrogen-bond donors (Lipinski definition) is 1. The molecule has 0 atom stereocenters. The molecule has 0 radical (unpaired) electrons. The lowest BCUT2D eigenvalue weighted by molar-refractivity contribution is 0.0954. The summed E-state index contributed by atoms with van der Waals surface area (Å²) in [5.41, 5.74) is 4.23. The van der Waals surface area contributed by atoms with Crippen molar-refractivity contribution < 1.29 is 13.2 Å². The SMILES string of the molecule is CC(C)(C)C1CCC(=NNC(=O)c2cccc(S(=O)(=O)N3CCCC3)c2)CC1. The summed E-state index contributed by atoms with van der Waals surface area (Å²) in [5.74, 6) is 0.304. The molecule has 3 rings (SSSR count). The van der Waals surface area contributed by atoms with E-state index in [1.807, 2.05) is 0 Å². The normalized spacial score (nSPS) is 21.5. The van der Waals surface area contributed by atoms with Crippen LogP contribution in [0.5, 0.6) is 0 Å². The Kier molecular flexibility index (Phi) is 6.25. The molecule has 2 aliphatic rings. The minimum atomic E-state index is -3.53. The molecule has 1 aliphatic heterocycles. The fourth-order valence-corrected chi connectivity index (χ4v) is 5.56. The van der Waals surface area contributed by atoms with Crippen LogP contribution < -0.4 is 5.43 Å². The molecule has 2 fully saturated rings. The molecule has 28 heavy (non-hydrogen) atoms. The van der Waals surface area contributed by atoms with E-state index in [1.165, 1.54) is 10.4 Å². The van der Waals surface area contributed by atoms with Gasteiger partial charge in [0.05, 0.1) is 4.90 Å². The van der Waals surface area contributed by atoms with Crippen LogP contribution in [0.3, 0.4) is 0 Å². The number of sulfonamides is 1. The van der Waals surface area contributed by atoms with Crippen molar-refractivity contribution in [2.75, 3.05) is 13.1 Å². The van der Waals surface area contributed by atoms with E-state index in [4.69, 9.17) is 0 Å². The number of nitrogens with zero attached hydrogens (tertiary/aromatic N) is 2. The molecule has 1 heterocycles. The average Bonchev–Trinajstić information content (AvgIpc) is 3.21. The molecule has 1 aliphatic carbocycles. The highest BCUT2D eigenvalue weighted by Gasteiger charge is 2.29. The Hall–Kier alpha value is -1.73. The number of carbonyl (C=O) groups is 1. The quantitative estimate of drug-likeness (QED) is 0.774. The van der Waals surface area contributed by atoms with Gasteiger partial charge in [0, 0.05) is 24.4 Å². The number of nitrogens with one attached hydrogen (secondary N) is 1. The summed E-state index contributed by atoms with van der Waals surface area (Å²) < 4.78 is 26.9. The zero-order chi connectivity index (χ0) is 20.4. The molecule has 6 nitrogen and oxygen atoms in total. The van der Waals surface area contributed by atoms with E-state index < -0.39 is 10.0 Å². The molecule has 1 saturated heterocycles. The number of benzene rings is 1. The molecule has 0 bridgehead atoms. The van der Waals surface area contributed by atoms with Gasteiger partial charge in [0.1, 0.15) is 0 Å². The van der Waals surface area contributed by atoms with Crippen molar-refractivity contribution in [1.82, 2.24) is 9.73 Å². The Bertz CT molecular complexity index is 840. The lowest BCUT2D eigenvalue weighted by Crippen LogP contribution is -2.29. The maximum atomic E-state index is 12.7. The van der Waals surface area contributed by atoms with Crippen LogP contribution in [0.2, 0.25) is 0 Å². The van der Waals surface area contributed by atoms with E-state index in [0.29, 0.717) is 30.0 Å². The van der Waals surface area contributed by atoms with Crippen LogP contribution in [0.1, 0.15) is 69.7 Å². The van der Waals surface area contributed by atoms with Gasteiger partial charge in [-0.2, -0.15) is 9.41 Å². The maximum Gasteiger partial charge on any atom is 0.271 e. The Balaban J connectivity index is 1.64. The summed E-state index contributed by atoms with van der Waals surface area (Å²) in [4.78, 5) is 12.7. The van der Waals surface area contributed by atoms with Gasteiger partial charge in [-0.05, 0) is 68.1 Å². The van der Waals surface area contributed by atoms with Crippen molar-refractivity contribution in [1.29, 1.82) is 0 Å². The third-order valence-electron chi connectivity index (χ3n) is 5.90. The fraction of sp³-hybridized carbons (Fsp3) is 0.619. The van der Waals surface area contributed by atoms with Gasteiger partial charge in [0.2, 0.25) is 10.0 Å². The summed E-state index contributed by atoms with van der Waals surface area (Å²) in [7, 11) is -3.53. The molecule has 0 unspecified atom stereocenters. The molecule has 1 saturated carbocycles. The molecular formula is C21H31N3O3S. The first-order chi connectivity index (χ1) is 13.2. The molecule has 1 amide bonds. The molecule has 0 spiro atoms. The fourth-order valence-electron chi connectivity index (χ4n) is 4.00. The van der Waals surface area contributed by atoms with Gasteiger partial charge < -0.3 is 0 Å². The van der Waals surface area contributed by atoms with Gasteiger partial charge in [-0.25, -0.2) is 13.8 Å². The third-order valence-corrected chi connectivity index (χ3v) is 7.80. The second kappa shape index (κ2) is 8.33. The minimum Gasteiger partial charge on any atom is -0.267 e. The monoisotopic (exact) mass is 405 g/mol. The number of hydrazone groups is 1. The van der Waals surface area contributed by atoms with Gasteiger partial charge in [0.25, 0.3) is 5.91 Å². The molecule has 1 N–H and O–H groups in total. The summed E-state index contributed by atoms with van der Waals surface area (Å²) >= 11 is 0. The summed E-state index contributed by atoms with van der Waals surface area (Å²) in [6.45, 7) is 7.89. The Labute approximate surface area is 168 Å². The van der Waals surface area contributed by atoms with E-state index in [-0.39, 0.29) is 10.8 Å². The van der Waals surface area contributed by atoms with Crippen LogP contribution in [0.15, 0.2) is 34.3 Å². The van der Waals surface area contributed by atoms with Crippen molar-refractivity contribution in [3.05, 3.63) is 29.8 Å². The number of carbonyl (C=O) groups excluding carboxylic acids is 1. The van der Waals surface area contributed by atoms with E-state index in [1.54, 1.807) is 18.2 Å². The highest BCUT2D eigenvalue weighted by atomic mass is 32.2. The largest absolute Gasteiger partial charge is 0.271 e. The van der Waals surface area contributed by atoms with Crippen molar-refractivity contribution in [3.8, 4) is 0 Å². The van der Waals surface area contributed by atoms with Crippen LogP contribution in [-0.2, 0) is 10.0 Å². The molecule has 7 heteroatoms. The van der Waals surface area contributed by atoms with Crippen molar-refractivity contribution in [2.24, 2.45) is 16.4 Å². The zero-order valence-electron chi connectivity index (χ0n) is 17.1. The predicted octanol–water partition coefficient (Wildman–Crippen LogP) is 3.79. The van der Waals surface area contributed by atoms with E-state index in [0.717, 1.165) is 44.2 Å². The Morgan fingerprint density at radius 3 is 2.39 bits per heavy atom. The molecule has 154 valence electrons. The van der Waals surface area contributed by atoms with Gasteiger partial charge in [-0.3, -0.25) is 4.79 Å². The summed E-state index contributed by atoms with van der Waals surface area (Å²) in [5, 5.41) is 4.30. The average molecular weight is 406 g/mol. The number of hydrogen-bond acceptors (Lipinski definition) is 4. The number of amides is 1. The highest BCUT2D eigenvalue weighted by Crippen LogP contribution is 2.36. The van der Waals surface area contributed by atoms with Gasteiger partial charge in [0.15, 0.2) is 0 Å². The smallest absolute Gasteiger partial charge is 0.267 e.